The predicted octanol–water partition coefficient (Wildman–Crippen LogP) is 15.7. The van der Waals surface area contributed by atoms with E-state index in [-0.39, 0.29) is 31.1 Å². The highest BCUT2D eigenvalue weighted by atomic mass is 16.6. The lowest BCUT2D eigenvalue weighted by Gasteiger charge is -2.18. The monoisotopic (exact) mass is 811 g/mol. The van der Waals surface area contributed by atoms with E-state index in [4.69, 9.17) is 14.2 Å². The van der Waals surface area contributed by atoms with Gasteiger partial charge in [0.25, 0.3) is 0 Å². The van der Waals surface area contributed by atoms with Crippen LogP contribution in [0, 0.1) is 0 Å². The molecule has 0 heterocycles. The van der Waals surface area contributed by atoms with Crippen molar-refractivity contribution < 1.29 is 28.6 Å². The van der Waals surface area contributed by atoms with Crippen molar-refractivity contribution >= 4 is 17.9 Å². The first kappa shape index (κ1) is 55.1. The molecule has 1 unspecified atom stereocenters. The number of hydrogen-bond acceptors (Lipinski definition) is 6. The molecule has 0 aromatic heterocycles. The third-order valence-corrected chi connectivity index (χ3v) is 10.3. The number of unbranched alkanes of at least 4 members (excludes halogenated alkanes) is 22. The van der Waals surface area contributed by atoms with E-state index in [2.05, 4.69) is 81.5 Å². The minimum absolute atomic E-state index is 0.0787. The molecule has 0 saturated heterocycles. The third-order valence-electron chi connectivity index (χ3n) is 10.3. The van der Waals surface area contributed by atoms with E-state index in [1.807, 2.05) is 0 Å². The quantitative estimate of drug-likeness (QED) is 0.0264. The average Bonchev–Trinajstić information content (AvgIpc) is 3.22. The Morgan fingerprint density at radius 2 is 0.672 bits per heavy atom. The Kier molecular flexibility index (Phi) is 44.5. The molecule has 0 radical (unpaired) electrons. The third kappa shape index (κ3) is 44.2. The van der Waals surface area contributed by atoms with Crippen LogP contribution in [-0.2, 0) is 28.6 Å². The maximum Gasteiger partial charge on any atom is 0.306 e. The largest absolute Gasteiger partial charge is 0.462 e. The van der Waals surface area contributed by atoms with Crippen LogP contribution in [0.3, 0.4) is 0 Å². The summed E-state index contributed by atoms with van der Waals surface area (Å²) < 4.78 is 16.7. The average molecular weight is 811 g/mol. The number of esters is 3. The molecular formula is C52H90O6. The van der Waals surface area contributed by atoms with Crippen LogP contribution in [0.1, 0.15) is 233 Å². The van der Waals surface area contributed by atoms with Gasteiger partial charge >= 0.3 is 17.9 Å². The maximum atomic E-state index is 12.7. The van der Waals surface area contributed by atoms with Gasteiger partial charge in [-0.1, -0.05) is 210 Å². The Balaban J connectivity index is 4.28. The van der Waals surface area contributed by atoms with Gasteiger partial charge in [0, 0.05) is 19.3 Å². The summed E-state index contributed by atoms with van der Waals surface area (Å²) in [6.07, 6.45) is 56.4. The summed E-state index contributed by atoms with van der Waals surface area (Å²) >= 11 is 0. The molecule has 1 atom stereocenters. The number of carbonyl (C=O) groups is 3. The number of rotatable bonds is 43. The highest BCUT2D eigenvalue weighted by molar-refractivity contribution is 5.71. The molecule has 0 bridgehead atoms. The Bertz CT molecular complexity index is 1070. The Labute approximate surface area is 358 Å². The molecule has 58 heavy (non-hydrogen) atoms. The van der Waals surface area contributed by atoms with E-state index in [0.717, 1.165) is 109 Å². The fraction of sp³-hybridized carbons (Fsp3) is 0.750. The van der Waals surface area contributed by atoms with Crippen LogP contribution in [-0.4, -0.2) is 37.2 Å². The molecule has 334 valence electrons. The van der Waals surface area contributed by atoms with Gasteiger partial charge in [-0.2, -0.15) is 0 Å². The van der Waals surface area contributed by atoms with Gasteiger partial charge in [0.05, 0.1) is 0 Å². The molecule has 0 N–H and O–H groups in total. The number of hydrogen-bond donors (Lipinski definition) is 0. The van der Waals surface area contributed by atoms with Crippen LogP contribution in [0.15, 0.2) is 60.8 Å². The first-order chi connectivity index (χ1) is 28.5. The predicted molar refractivity (Wildman–Crippen MR) is 247 cm³/mol. The molecule has 0 aliphatic heterocycles. The molecule has 0 rings (SSSR count). The van der Waals surface area contributed by atoms with Crippen LogP contribution < -0.4 is 0 Å². The lowest BCUT2D eigenvalue weighted by atomic mass is 10.0. The summed E-state index contributed by atoms with van der Waals surface area (Å²) in [7, 11) is 0. The van der Waals surface area contributed by atoms with Crippen LogP contribution >= 0.6 is 0 Å². The highest BCUT2D eigenvalue weighted by Crippen LogP contribution is 2.14. The number of allylic oxidation sites excluding steroid dienone is 10. The first-order valence-corrected chi connectivity index (χ1v) is 24.3. The van der Waals surface area contributed by atoms with E-state index >= 15 is 0 Å². The van der Waals surface area contributed by atoms with E-state index in [9.17, 15) is 14.4 Å². The second-order valence-corrected chi connectivity index (χ2v) is 16.0. The van der Waals surface area contributed by atoms with Gasteiger partial charge in [-0.25, -0.2) is 0 Å². The molecular weight excluding hydrogens is 721 g/mol. The Morgan fingerprint density at radius 1 is 0.362 bits per heavy atom. The summed E-state index contributed by atoms with van der Waals surface area (Å²) in [5.41, 5.74) is 0. The zero-order valence-electron chi connectivity index (χ0n) is 38.0. The highest BCUT2D eigenvalue weighted by Gasteiger charge is 2.19. The van der Waals surface area contributed by atoms with Crippen molar-refractivity contribution in [3.8, 4) is 0 Å². The second-order valence-electron chi connectivity index (χ2n) is 16.0. The zero-order chi connectivity index (χ0) is 42.3. The zero-order valence-corrected chi connectivity index (χ0v) is 38.0. The summed E-state index contributed by atoms with van der Waals surface area (Å²) in [4.78, 5) is 37.7. The van der Waals surface area contributed by atoms with Crippen LogP contribution in [0.4, 0.5) is 0 Å². The van der Waals surface area contributed by atoms with Gasteiger partial charge in [-0.05, 0) is 64.2 Å². The SMILES string of the molecule is CC/C=C\C/C=C\C/C=C\C/C=C\C/C=C\CCCCCCCC(=O)OCC(COC(=O)CCCCCCCCC)OC(=O)CCCCCCCCCCCCCC. The van der Waals surface area contributed by atoms with E-state index in [1.165, 1.54) is 83.5 Å². The summed E-state index contributed by atoms with van der Waals surface area (Å²) in [6.45, 7) is 6.46. The van der Waals surface area contributed by atoms with Crippen molar-refractivity contribution in [1.82, 2.24) is 0 Å². The normalized spacial score (nSPS) is 12.5. The lowest BCUT2D eigenvalue weighted by Crippen LogP contribution is -2.30. The molecule has 0 aliphatic carbocycles. The first-order valence-electron chi connectivity index (χ1n) is 24.3. The second kappa shape index (κ2) is 46.8. The van der Waals surface area contributed by atoms with Crippen LogP contribution in [0.2, 0.25) is 0 Å². The molecule has 0 fully saturated rings. The van der Waals surface area contributed by atoms with Crippen molar-refractivity contribution in [2.75, 3.05) is 13.2 Å². The summed E-state index contributed by atoms with van der Waals surface area (Å²) in [6, 6.07) is 0. The Hall–Kier alpha value is -2.89. The van der Waals surface area contributed by atoms with Crippen LogP contribution in [0.25, 0.3) is 0 Å². The molecule has 6 nitrogen and oxygen atoms in total. The lowest BCUT2D eigenvalue weighted by molar-refractivity contribution is -0.167. The van der Waals surface area contributed by atoms with Crippen molar-refractivity contribution in [2.24, 2.45) is 0 Å². The van der Waals surface area contributed by atoms with Gasteiger partial charge in [0.2, 0.25) is 0 Å². The molecule has 0 aromatic carbocycles. The number of ether oxygens (including phenoxy) is 3. The summed E-state index contributed by atoms with van der Waals surface area (Å²) in [5.74, 6) is -0.903. The molecule has 0 spiro atoms. The molecule has 0 saturated carbocycles. The van der Waals surface area contributed by atoms with Gasteiger partial charge in [-0.3, -0.25) is 14.4 Å². The van der Waals surface area contributed by atoms with Crippen LogP contribution in [0.5, 0.6) is 0 Å². The topological polar surface area (TPSA) is 78.9 Å². The van der Waals surface area contributed by atoms with E-state index < -0.39 is 6.10 Å². The standard InChI is InChI=1S/C52H90O6/c1-4-7-10-13-16-18-20-22-23-24-25-26-27-28-29-30-32-33-36-39-42-45-51(54)57-48-49(47-56-50(53)44-41-38-35-15-12-9-6-3)58-52(55)46-43-40-37-34-31-21-19-17-14-11-8-5-2/h7,10,16,18,22-23,25-26,28-29,49H,4-6,8-9,11-15,17,19-21,24,27,30-48H2,1-3H3/b10-7-,18-16-,23-22-,26-25-,29-28-. The number of carbonyl (C=O) groups excluding carboxylic acids is 3. The van der Waals surface area contributed by atoms with Gasteiger partial charge < -0.3 is 14.2 Å². The van der Waals surface area contributed by atoms with E-state index in [0.29, 0.717) is 19.3 Å². The summed E-state index contributed by atoms with van der Waals surface area (Å²) in [5, 5.41) is 0. The van der Waals surface area contributed by atoms with Crippen molar-refractivity contribution in [3.63, 3.8) is 0 Å². The van der Waals surface area contributed by atoms with Gasteiger partial charge in [-0.15, -0.1) is 0 Å². The molecule has 0 aliphatic rings. The maximum absolute atomic E-state index is 12.7. The van der Waals surface area contributed by atoms with Crippen molar-refractivity contribution in [2.45, 2.75) is 239 Å². The molecule has 0 aromatic rings. The van der Waals surface area contributed by atoms with Gasteiger partial charge in [0.15, 0.2) is 6.10 Å². The minimum atomic E-state index is -0.775. The van der Waals surface area contributed by atoms with Crippen molar-refractivity contribution in [1.29, 1.82) is 0 Å². The molecule has 6 heteroatoms. The van der Waals surface area contributed by atoms with E-state index in [1.54, 1.807) is 0 Å². The van der Waals surface area contributed by atoms with Crippen molar-refractivity contribution in [3.05, 3.63) is 60.8 Å². The van der Waals surface area contributed by atoms with Gasteiger partial charge in [0.1, 0.15) is 13.2 Å². The fourth-order valence-electron chi connectivity index (χ4n) is 6.64. The minimum Gasteiger partial charge on any atom is -0.462 e. The smallest absolute Gasteiger partial charge is 0.306 e. The molecule has 0 amide bonds. The Morgan fingerprint density at radius 3 is 1.05 bits per heavy atom. The fourth-order valence-corrected chi connectivity index (χ4v) is 6.64.